The van der Waals surface area contributed by atoms with Gasteiger partial charge in [0, 0.05) is 21.2 Å². The Bertz CT molecular complexity index is 1020. The third-order valence-electron chi connectivity index (χ3n) is 5.32. The monoisotopic (exact) mass is 398 g/mol. The summed E-state index contributed by atoms with van der Waals surface area (Å²) in [6, 6.07) is 9.14. The summed E-state index contributed by atoms with van der Waals surface area (Å²) in [4.78, 5) is 17.7. The number of aromatic nitrogens is 1. The van der Waals surface area contributed by atoms with E-state index in [-0.39, 0.29) is 25.0 Å². The van der Waals surface area contributed by atoms with Crippen LogP contribution < -0.4 is 10.1 Å². The van der Waals surface area contributed by atoms with Crippen LogP contribution in [0.3, 0.4) is 0 Å². The van der Waals surface area contributed by atoms with Crippen LogP contribution in [0.1, 0.15) is 40.1 Å². The summed E-state index contributed by atoms with van der Waals surface area (Å²) in [5, 5.41) is 23.3. The summed E-state index contributed by atoms with van der Waals surface area (Å²) in [7, 11) is 0. The lowest BCUT2D eigenvalue weighted by atomic mass is 9.77. The maximum Gasteiger partial charge on any atom is 0.253 e. The minimum Gasteiger partial charge on any atom is -0.493 e. The third-order valence-corrected chi connectivity index (χ3v) is 6.40. The van der Waals surface area contributed by atoms with Crippen LogP contribution >= 0.6 is 11.3 Å². The van der Waals surface area contributed by atoms with Crippen molar-refractivity contribution in [2.24, 2.45) is 0 Å². The van der Waals surface area contributed by atoms with Crippen molar-refractivity contribution >= 4 is 27.3 Å². The first-order valence-corrected chi connectivity index (χ1v) is 10.1. The number of pyridine rings is 1. The molecule has 0 bridgehead atoms. The Kier molecular flexibility index (Phi) is 4.95. The minimum atomic E-state index is -0.482. The van der Waals surface area contributed by atoms with Gasteiger partial charge in [0.25, 0.3) is 5.91 Å². The number of carbonyl (C=O) groups is 1. The molecule has 1 saturated carbocycles. The number of rotatable bonds is 6. The van der Waals surface area contributed by atoms with Gasteiger partial charge in [-0.25, -0.2) is 4.98 Å². The van der Waals surface area contributed by atoms with Gasteiger partial charge in [-0.2, -0.15) is 0 Å². The van der Waals surface area contributed by atoms with Crippen molar-refractivity contribution in [3.8, 4) is 11.6 Å². The third kappa shape index (κ3) is 3.43. The fourth-order valence-electron chi connectivity index (χ4n) is 3.50. The van der Waals surface area contributed by atoms with Crippen molar-refractivity contribution in [2.45, 2.75) is 38.3 Å². The van der Waals surface area contributed by atoms with Crippen molar-refractivity contribution in [2.75, 3.05) is 6.61 Å². The maximum atomic E-state index is 12.9. The molecule has 0 aliphatic heterocycles. The van der Waals surface area contributed by atoms with E-state index in [1.54, 1.807) is 23.5 Å². The number of carbonyl (C=O) groups excluding carboxylic acids is 1. The van der Waals surface area contributed by atoms with Gasteiger partial charge in [-0.3, -0.25) is 4.79 Å². The van der Waals surface area contributed by atoms with Crippen LogP contribution in [0.15, 0.2) is 36.5 Å². The molecule has 1 aromatic carbocycles. The summed E-state index contributed by atoms with van der Waals surface area (Å²) in [6.07, 6.45) is 4.15. The highest BCUT2D eigenvalue weighted by Gasteiger charge is 2.38. The van der Waals surface area contributed by atoms with Crippen LogP contribution in [-0.2, 0) is 6.61 Å². The van der Waals surface area contributed by atoms with E-state index >= 15 is 0 Å². The fraction of sp³-hybridized carbons (Fsp3) is 0.333. The SMILES string of the molecule is Cc1sc2ccc(OCc3cccnc3O)cc2c1C(=O)NC1(CO)CCC1. The number of aliphatic hydroxyl groups is 1. The predicted octanol–water partition coefficient (Wildman–Crippen LogP) is 3.53. The molecule has 1 aliphatic carbocycles. The highest BCUT2D eigenvalue weighted by molar-refractivity contribution is 7.19. The molecule has 1 amide bonds. The highest BCUT2D eigenvalue weighted by atomic mass is 32.1. The second kappa shape index (κ2) is 7.41. The van der Waals surface area contributed by atoms with Crippen molar-refractivity contribution in [1.82, 2.24) is 10.3 Å². The van der Waals surface area contributed by atoms with Crippen molar-refractivity contribution in [1.29, 1.82) is 0 Å². The average Bonchev–Trinajstić information content (AvgIpc) is 2.99. The Labute approximate surface area is 166 Å². The van der Waals surface area contributed by atoms with E-state index in [0.717, 1.165) is 34.2 Å². The summed E-state index contributed by atoms with van der Waals surface area (Å²) < 4.78 is 6.82. The van der Waals surface area contributed by atoms with Gasteiger partial charge in [-0.15, -0.1) is 11.3 Å². The van der Waals surface area contributed by atoms with E-state index in [4.69, 9.17) is 4.74 Å². The molecule has 1 fully saturated rings. The van der Waals surface area contributed by atoms with E-state index in [9.17, 15) is 15.0 Å². The number of ether oxygens (including phenoxy) is 1. The first kappa shape index (κ1) is 18.7. The van der Waals surface area contributed by atoms with E-state index in [1.165, 1.54) is 6.20 Å². The Morgan fingerprint density at radius 2 is 2.18 bits per heavy atom. The van der Waals surface area contributed by atoms with Gasteiger partial charge in [0.1, 0.15) is 12.4 Å². The molecule has 7 heteroatoms. The van der Waals surface area contributed by atoms with Gasteiger partial charge in [0.15, 0.2) is 0 Å². The number of fused-ring (bicyclic) bond motifs is 1. The zero-order chi connectivity index (χ0) is 19.7. The summed E-state index contributed by atoms with van der Waals surface area (Å²) in [6.45, 7) is 2.08. The Morgan fingerprint density at radius 1 is 1.36 bits per heavy atom. The zero-order valence-electron chi connectivity index (χ0n) is 15.6. The Hall–Kier alpha value is -2.64. The molecule has 0 radical (unpaired) electrons. The molecule has 3 N–H and O–H groups in total. The number of hydrogen-bond acceptors (Lipinski definition) is 6. The molecule has 0 atom stereocenters. The quantitative estimate of drug-likeness (QED) is 0.591. The van der Waals surface area contributed by atoms with E-state index in [2.05, 4.69) is 10.3 Å². The molecule has 0 saturated heterocycles. The van der Waals surface area contributed by atoms with Gasteiger partial charge < -0.3 is 20.3 Å². The largest absolute Gasteiger partial charge is 0.493 e. The number of nitrogens with zero attached hydrogens (tertiary/aromatic N) is 1. The van der Waals surface area contributed by atoms with Gasteiger partial charge >= 0.3 is 0 Å². The van der Waals surface area contributed by atoms with Gasteiger partial charge in [-0.1, -0.05) is 0 Å². The number of thiophene rings is 1. The molecular weight excluding hydrogens is 376 g/mol. The van der Waals surface area contributed by atoms with Crippen LogP contribution in [-0.4, -0.2) is 33.3 Å². The number of aromatic hydroxyl groups is 1. The molecule has 2 aromatic heterocycles. The van der Waals surface area contributed by atoms with Crippen LogP contribution in [0.25, 0.3) is 10.1 Å². The molecule has 4 rings (SSSR count). The first-order chi connectivity index (χ1) is 13.5. The molecule has 0 unspecified atom stereocenters. The van der Waals surface area contributed by atoms with Gasteiger partial charge in [-0.05, 0) is 56.5 Å². The Morgan fingerprint density at radius 3 is 2.86 bits per heavy atom. The zero-order valence-corrected chi connectivity index (χ0v) is 16.4. The molecule has 6 nitrogen and oxygen atoms in total. The number of hydrogen-bond donors (Lipinski definition) is 3. The topological polar surface area (TPSA) is 91.7 Å². The lowest BCUT2D eigenvalue weighted by Gasteiger charge is -2.41. The highest BCUT2D eigenvalue weighted by Crippen LogP contribution is 2.36. The predicted molar refractivity (Wildman–Crippen MR) is 108 cm³/mol. The van der Waals surface area contributed by atoms with Crippen molar-refractivity contribution in [3.05, 3.63) is 52.5 Å². The fourth-order valence-corrected chi connectivity index (χ4v) is 4.55. The maximum absolute atomic E-state index is 12.9. The molecule has 2 heterocycles. The van der Waals surface area contributed by atoms with Crippen LogP contribution in [0.5, 0.6) is 11.6 Å². The number of amides is 1. The Balaban J connectivity index is 1.59. The summed E-state index contributed by atoms with van der Waals surface area (Å²) in [5.41, 5.74) is 0.746. The summed E-state index contributed by atoms with van der Waals surface area (Å²) >= 11 is 1.56. The standard InChI is InChI=1S/C21H22N2O4S/c1-13-18(20(26)23-21(12-24)7-3-8-21)16-10-15(5-6-17(16)28-13)27-11-14-4-2-9-22-19(14)25/h2,4-6,9-10,24H,3,7-8,11-12H2,1H3,(H,22,25)(H,23,26). The van der Waals surface area contributed by atoms with E-state index in [0.29, 0.717) is 16.9 Å². The molecule has 3 aromatic rings. The second-order valence-electron chi connectivity index (χ2n) is 7.21. The lowest BCUT2D eigenvalue weighted by Crippen LogP contribution is -2.56. The average molecular weight is 398 g/mol. The number of benzene rings is 1. The second-order valence-corrected chi connectivity index (χ2v) is 8.47. The number of nitrogens with one attached hydrogen (secondary N) is 1. The van der Waals surface area contributed by atoms with Crippen LogP contribution in [0.4, 0.5) is 0 Å². The van der Waals surface area contributed by atoms with Crippen molar-refractivity contribution in [3.63, 3.8) is 0 Å². The molecule has 146 valence electrons. The van der Waals surface area contributed by atoms with E-state index in [1.807, 2.05) is 25.1 Å². The van der Waals surface area contributed by atoms with E-state index < -0.39 is 5.54 Å². The van der Waals surface area contributed by atoms with Crippen LogP contribution in [0.2, 0.25) is 0 Å². The first-order valence-electron chi connectivity index (χ1n) is 9.23. The number of aryl methyl sites for hydroxylation is 1. The molecule has 1 aliphatic rings. The van der Waals surface area contributed by atoms with Crippen LogP contribution in [0, 0.1) is 6.92 Å². The van der Waals surface area contributed by atoms with Crippen molar-refractivity contribution < 1.29 is 19.7 Å². The van der Waals surface area contributed by atoms with Gasteiger partial charge in [0.2, 0.25) is 5.88 Å². The summed E-state index contributed by atoms with van der Waals surface area (Å²) in [5.74, 6) is 0.410. The molecule has 28 heavy (non-hydrogen) atoms. The van der Waals surface area contributed by atoms with Gasteiger partial charge in [0.05, 0.1) is 23.3 Å². The lowest BCUT2D eigenvalue weighted by molar-refractivity contribution is 0.0643. The molecular formula is C21H22N2O4S. The minimum absolute atomic E-state index is 0.0389. The number of aliphatic hydroxyl groups excluding tert-OH is 1. The molecule has 0 spiro atoms. The normalized spacial score (nSPS) is 15.2. The smallest absolute Gasteiger partial charge is 0.253 e.